The summed E-state index contributed by atoms with van der Waals surface area (Å²) in [6.07, 6.45) is 0. The molecule has 2 heterocycles. The molecule has 3 aromatic rings. The molecule has 0 atom stereocenters. The van der Waals surface area contributed by atoms with Gasteiger partial charge in [0.1, 0.15) is 0 Å². The van der Waals surface area contributed by atoms with Crippen LogP contribution in [0.1, 0.15) is 10.4 Å². The van der Waals surface area contributed by atoms with Gasteiger partial charge in [0.2, 0.25) is 0 Å². The van der Waals surface area contributed by atoms with Crippen molar-refractivity contribution in [3.63, 3.8) is 0 Å². The van der Waals surface area contributed by atoms with Gasteiger partial charge < -0.3 is 9.80 Å². The summed E-state index contributed by atoms with van der Waals surface area (Å²) in [4.78, 5) is 16.6. The van der Waals surface area contributed by atoms with Crippen molar-refractivity contribution < 1.29 is 4.79 Å². The minimum absolute atomic E-state index is 0.0224. The van der Waals surface area contributed by atoms with E-state index in [2.05, 4.69) is 15.1 Å². The Kier molecular flexibility index (Phi) is 5.03. The molecule has 1 aliphatic rings. The van der Waals surface area contributed by atoms with Gasteiger partial charge in [0.25, 0.3) is 5.91 Å². The number of hydrogen-bond donors (Lipinski definition) is 0. The smallest absolute Gasteiger partial charge is 0.255 e. The SMILES string of the molecule is O=C(c1ccccc1Cl)N1CCN(c2ccc(-c3ccccc3)nn2)CC1. The Hall–Kier alpha value is -2.92. The average molecular weight is 379 g/mol. The van der Waals surface area contributed by atoms with Gasteiger partial charge in [-0.2, -0.15) is 0 Å². The summed E-state index contributed by atoms with van der Waals surface area (Å²) in [5.41, 5.74) is 2.46. The standard InChI is InChI=1S/C21H19ClN4O/c22-18-9-5-4-8-17(18)21(27)26-14-12-25(13-15-26)20-11-10-19(23-24-20)16-6-2-1-3-7-16/h1-11H,12-15H2. The van der Waals surface area contributed by atoms with Crippen molar-refractivity contribution >= 4 is 23.3 Å². The zero-order valence-electron chi connectivity index (χ0n) is 14.8. The monoisotopic (exact) mass is 378 g/mol. The van der Waals surface area contributed by atoms with Gasteiger partial charge >= 0.3 is 0 Å². The highest BCUT2D eigenvalue weighted by molar-refractivity contribution is 6.33. The number of piperazine rings is 1. The van der Waals surface area contributed by atoms with Crippen molar-refractivity contribution in [1.29, 1.82) is 0 Å². The topological polar surface area (TPSA) is 49.3 Å². The molecule has 136 valence electrons. The molecule has 0 radical (unpaired) electrons. The zero-order valence-corrected chi connectivity index (χ0v) is 15.5. The number of benzene rings is 2. The molecule has 1 fully saturated rings. The number of rotatable bonds is 3. The number of carbonyl (C=O) groups excluding carboxylic acids is 1. The molecule has 0 aliphatic carbocycles. The Bertz CT molecular complexity index is 922. The lowest BCUT2D eigenvalue weighted by Crippen LogP contribution is -2.49. The van der Waals surface area contributed by atoms with E-state index in [4.69, 9.17) is 11.6 Å². The predicted molar refractivity (Wildman–Crippen MR) is 107 cm³/mol. The minimum Gasteiger partial charge on any atom is -0.352 e. The Morgan fingerprint density at radius 2 is 1.52 bits per heavy atom. The molecule has 0 spiro atoms. The van der Waals surface area contributed by atoms with Gasteiger partial charge in [-0.15, -0.1) is 10.2 Å². The molecule has 1 aliphatic heterocycles. The van der Waals surface area contributed by atoms with Crippen molar-refractivity contribution in [1.82, 2.24) is 15.1 Å². The highest BCUT2D eigenvalue weighted by Gasteiger charge is 2.24. The summed E-state index contributed by atoms with van der Waals surface area (Å²) in [5.74, 6) is 0.810. The van der Waals surface area contributed by atoms with E-state index in [0.717, 1.165) is 30.2 Å². The molecule has 27 heavy (non-hydrogen) atoms. The van der Waals surface area contributed by atoms with Crippen LogP contribution in [0.5, 0.6) is 0 Å². The first kappa shape index (κ1) is 17.5. The third kappa shape index (κ3) is 3.78. The third-order valence-electron chi connectivity index (χ3n) is 4.72. The summed E-state index contributed by atoms with van der Waals surface area (Å²) in [6, 6.07) is 21.1. The predicted octanol–water partition coefficient (Wildman–Crippen LogP) is 3.76. The summed E-state index contributed by atoms with van der Waals surface area (Å²) >= 11 is 6.15. The first-order valence-electron chi connectivity index (χ1n) is 8.90. The van der Waals surface area contributed by atoms with E-state index in [0.29, 0.717) is 23.7 Å². The van der Waals surface area contributed by atoms with Crippen molar-refractivity contribution in [2.24, 2.45) is 0 Å². The number of hydrogen-bond acceptors (Lipinski definition) is 4. The van der Waals surface area contributed by atoms with Crippen LogP contribution >= 0.6 is 11.6 Å². The zero-order chi connectivity index (χ0) is 18.6. The van der Waals surface area contributed by atoms with Gasteiger partial charge in [-0.1, -0.05) is 54.1 Å². The fraction of sp³-hybridized carbons (Fsp3) is 0.190. The average Bonchev–Trinajstić information content (AvgIpc) is 2.74. The fourth-order valence-corrected chi connectivity index (χ4v) is 3.42. The molecule has 4 rings (SSSR count). The summed E-state index contributed by atoms with van der Waals surface area (Å²) in [6.45, 7) is 2.70. The van der Waals surface area contributed by atoms with E-state index in [1.165, 1.54) is 0 Å². The van der Waals surface area contributed by atoms with Crippen LogP contribution in [0.4, 0.5) is 5.82 Å². The lowest BCUT2D eigenvalue weighted by atomic mass is 10.1. The van der Waals surface area contributed by atoms with Gasteiger partial charge in [0, 0.05) is 31.7 Å². The van der Waals surface area contributed by atoms with Crippen molar-refractivity contribution in [2.75, 3.05) is 31.1 Å². The van der Waals surface area contributed by atoms with E-state index in [1.54, 1.807) is 12.1 Å². The molecule has 0 N–H and O–H groups in total. The molecule has 0 bridgehead atoms. The highest BCUT2D eigenvalue weighted by Crippen LogP contribution is 2.21. The fourth-order valence-electron chi connectivity index (χ4n) is 3.20. The van der Waals surface area contributed by atoms with Gasteiger partial charge in [0.15, 0.2) is 5.82 Å². The number of anilines is 1. The molecule has 2 aromatic carbocycles. The molecule has 1 saturated heterocycles. The number of aromatic nitrogens is 2. The number of halogens is 1. The lowest BCUT2D eigenvalue weighted by Gasteiger charge is -2.35. The van der Waals surface area contributed by atoms with Crippen LogP contribution < -0.4 is 4.90 Å². The maximum Gasteiger partial charge on any atom is 0.255 e. The van der Waals surface area contributed by atoms with Crippen LogP contribution in [-0.2, 0) is 0 Å². The minimum atomic E-state index is -0.0224. The van der Waals surface area contributed by atoms with E-state index in [-0.39, 0.29) is 5.91 Å². The van der Waals surface area contributed by atoms with Crippen molar-refractivity contribution in [2.45, 2.75) is 0 Å². The maximum absolute atomic E-state index is 12.7. The Balaban J connectivity index is 1.41. The highest BCUT2D eigenvalue weighted by atomic mass is 35.5. The Morgan fingerprint density at radius 1 is 0.815 bits per heavy atom. The van der Waals surface area contributed by atoms with Gasteiger partial charge in [0.05, 0.1) is 16.3 Å². The maximum atomic E-state index is 12.7. The van der Waals surface area contributed by atoms with Crippen LogP contribution in [0.3, 0.4) is 0 Å². The number of carbonyl (C=O) groups is 1. The van der Waals surface area contributed by atoms with Gasteiger partial charge in [-0.3, -0.25) is 4.79 Å². The Morgan fingerprint density at radius 3 is 2.19 bits per heavy atom. The van der Waals surface area contributed by atoms with Gasteiger partial charge in [-0.05, 0) is 24.3 Å². The van der Waals surface area contributed by atoms with E-state index in [9.17, 15) is 4.79 Å². The van der Waals surface area contributed by atoms with Gasteiger partial charge in [-0.25, -0.2) is 0 Å². The Labute approximate surface area is 163 Å². The first-order valence-corrected chi connectivity index (χ1v) is 9.28. The summed E-state index contributed by atoms with van der Waals surface area (Å²) < 4.78 is 0. The molecular weight excluding hydrogens is 360 g/mol. The molecular formula is C21H19ClN4O. The number of amides is 1. The van der Waals surface area contributed by atoms with Crippen LogP contribution in [0, 0.1) is 0 Å². The van der Waals surface area contributed by atoms with Crippen molar-refractivity contribution in [3.05, 3.63) is 77.3 Å². The molecule has 6 heteroatoms. The van der Waals surface area contributed by atoms with Crippen LogP contribution in [0.15, 0.2) is 66.7 Å². The van der Waals surface area contributed by atoms with Crippen LogP contribution in [0.25, 0.3) is 11.3 Å². The second kappa shape index (κ2) is 7.76. The van der Waals surface area contributed by atoms with Crippen molar-refractivity contribution in [3.8, 4) is 11.3 Å². The van der Waals surface area contributed by atoms with E-state index in [1.807, 2.05) is 59.5 Å². The molecule has 0 unspecified atom stereocenters. The summed E-state index contributed by atoms with van der Waals surface area (Å²) in [7, 11) is 0. The van der Waals surface area contributed by atoms with Crippen LogP contribution in [-0.4, -0.2) is 47.2 Å². The molecule has 0 saturated carbocycles. The summed E-state index contributed by atoms with van der Waals surface area (Å²) in [5, 5.41) is 9.21. The number of nitrogens with zero attached hydrogens (tertiary/aromatic N) is 4. The van der Waals surface area contributed by atoms with E-state index < -0.39 is 0 Å². The first-order chi connectivity index (χ1) is 13.2. The second-order valence-corrected chi connectivity index (χ2v) is 6.81. The molecule has 1 aromatic heterocycles. The van der Waals surface area contributed by atoms with Crippen LogP contribution in [0.2, 0.25) is 5.02 Å². The second-order valence-electron chi connectivity index (χ2n) is 6.40. The van der Waals surface area contributed by atoms with E-state index >= 15 is 0 Å². The lowest BCUT2D eigenvalue weighted by molar-refractivity contribution is 0.0746. The largest absolute Gasteiger partial charge is 0.352 e. The molecule has 5 nitrogen and oxygen atoms in total. The normalized spacial score (nSPS) is 14.3. The third-order valence-corrected chi connectivity index (χ3v) is 5.04. The molecule has 1 amide bonds. The quantitative estimate of drug-likeness (QED) is 0.696.